The molecule has 1 N–H and O–H groups in total. The Morgan fingerprint density at radius 1 is 0.810 bits per heavy atom. The molecule has 13 heteroatoms. The molecular formula is C29H30F3NO8S. The lowest BCUT2D eigenvalue weighted by Gasteiger charge is -2.23. The third kappa shape index (κ3) is 10.3. The maximum Gasteiger partial charge on any atom is 0.534 e. The van der Waals surface area contributed by atoms with Crippen molar-refractivity contribution < 1.29 is 49.6 Å². The molecule has 42 heavy (non-hydrogen) atoms. The minimum absolute atomic E-state index is 0.00550. The highest BCUT2D eigenvalue weighted by Crippen LogP contribution is 2.31. The van der Waals surface area contributed by atoms with Crippen molar-refractivity contribution in [1.29, 1.82) is 0 Å². The molecule has 0 aliphatic carbocycles. The van der Waals surface area contributed by atoms with Gasteiger partial charge in [0, 0.05) is 12.5 Å². The normalized spacial score (nSPS) is 12.6. The molecule has 226 valence electrons. The van der Waals surface area contributed by atoms with Crippen LogP contribution in [0.25, 0.3) is 0 Å². The van der Waals surface area contributed by atoms with E-state index >= 15 is 0 Å². The van der Waals surface area contributed by atoms with E-state index in [9.17, 15) is 31.2 Å². The van der Waals surface area contributed by atoms with Crippen LogP contribution in [0, 0.1) is 0 Å². The number of carbonyl (C=O) groups excluding carboxylic acids is 2. The lowest BCUT2D eigenvalue weighted by Crippen LogP contribution is -2.45. The summed E-state index contributed by atoms with van der Waals surface area (Å²) >= 11 is 0. The van der Waals surface area contributed by atoms with Gasteiger partial charge in [-0.2, -0.15) is 21.6 Å². The van der Waals surface area contributed by atoms with E-state index in [4.69, 9.17) is 14.2 Å². The van der Waals surface area contributed by atoms with Gasteiger partial charge in [-0.25, -0.2) is 9.59 Å². The van der Waals surface area contributed by atoms with E-state index in [1.807, 2.05) is 0 Å². The molecule has 0 bridgehead atoms. The smallest absolute Gasteiger partial charge is 0.489 e. The van der Waals surface area contributed by atoms with Crippen LogP contribution in [0.1, 0.15) is 37.5 Å². The summed E-state index contributed by atoms with van der Waals surface area (Å²) < 4.78 is 83.2. The predicted molar refractivity (Wildman–Crippen MR) is 146 cm³/mol. The Labute approximate surface area is 241 Å². The number of carbonyl (C=O) groups is 2. The summed E-state index contributed by atoms with van der Waals surface area (Å²) in [7, 11) is -6.01. The van der Waals surface area contributed by atoms with Crippen molar-refractivity contribution in [3.05, 3.63) is 95.6 Å². The van der Waals surface area contributed by atoms with Crippen LogP contribution in [0.5, 0.6) is 11.5 Å². The minimum atomic E-state index is -6.01. The number of alkyl halides is 3. The highest BCUT2D eigenvalue weighted by molar-refractivity contribution is 7.88. The third-order valence-electron chi connectivity index (χ3n) is 5.32. The molecular weight excluding hydrogens is 579 g/mol. The van der Waals surface area contributed by atoms with Gasteiger partial charge in [0.2, 0.25) is 0 Å². The van der Waals surface area contributed by atoms with Crippen molar-refractivity contribution in [2.75, 3.05) is 0 Å². The van der Waals surface area contributed by atoms with E-state index in [1.54, 1.807) is 81.4 Å². The van der Waals surface area contributed by atoms with Crippen molar-refractivity contribution in [2.45, 2.75) is 57.6 Å². The molecule has 1 amide bonds. The van der Waals surface area contributed by atoms with Gasteiger partial charge in [-0.1, -0.05) is 60.7 Å². The molecule has 0 aromatic heterocycles. The van der Waals surface area contributed by atoms with Crippen LogP contribution in [0.15, 0.2) is 78.9 Å². The van der Waals surface area contributed by atoms with Crippen molar-refractivity contribution >= 4 is 22.2 Å². The van der Waals surface area contributed by atoms with Crippen LogP contribution in [0.4, 0.5) is 18.0 Å². The van der Waals surface area contributed by atoms with Gasteiger partial charge in [0.05, 0.1) is 0 Å². The molecule has 9 nitrogen and oxygen atoms in total. The minimum Gasteiger partial charge on any atom is -0.489 e. The quantitative estimate of drug-likeness (QED) is 0.168. The topological polar surface area (TPSA) is 117 Å². The fourth-order valence-corrected chi connectivity index (χ4v) is 3.95. The summed E-state index contributed by atoms with van der Waals surface area (Å²) in [6.07, 6.45) is -1.28. The van der Waals surface area contributed by atoms with E-state index in [2.05, 4.69) is 9.50 Å². The Morgan fingerprint density at radius 3 is 1.90 bits per heavy atom. The first-order chi connectivity index (χ1) is 19.6. The monoisotopic (exact) mass is 609 g/mol. The molecule has 0 radical (unpaired) electrons. The lowest BCUT2D eigenvalue weighted by atomic mass is 10.1. The molecule has 3 aromatic carbocycles. The van der Waals surface area contributed by atoms with Crippen LogP contribution in [0.3, 0.4) is 0 Å². The number of nitrogens with one attached hydrogen (secondary N) is 1. The first-order valence-electron chi connectivity index (χ1n) is 12.6. The molecule has 0 saturated carbocycles. The second kappa shape index (κ2) is 13.6. The summed E-state index contributed by atoms with van der Waals surface area (Å²) in [6.45, 7) is 4.73. The third-order valence-corrected chi connectivity index (χ3v) is 6.30. The van der Waals surface area contributed by atoms with E-state index < -0.39 is 45.1 Å². The van der Waals surface area contributed by atoms with E-state index in [1.165, 1.54) is 6.07 Å². The highest BCUT2D eigenvalue weighted by atomic mass is 32.2. The van der Waals surface area contributed by atoms with Crippen molar-refractivity contribution in [3.8, 4) is 11.5 Å². The number of hydrogen-bond acceptors (Lipinski definition) is 8. The Balaban J connectivity index is 1.91. The SMILES string of the molecule is CC(C)(C)OC(=O)NC(Cc1cc(OCc2ccccc2)cc(OS(=O)(=O)C(F)(F)F)c1)C(=O)OCc1ccccc1. The van der Waals surface area contributed by atoms with Crippen LogP contribution < -0.4 is 14.2 Å². The van der Waals surface area contributed by atoms with Gasteiger partial charge < -0.3 is 23.7 Å². The number of esters is 1. The number of alkyl carbamates (subject to hydrolysis) is 1. The molecule has 1 atom stereocenters. The second-order valence-corrected chi connectivity index (χ2v) is 11.6. The standard InChI is InChI=1S/C29H30F3NO8S/c1-28(2,3)40-27(35)33-25(26(34)39-19-21-12-8-5-9-13-21)16-22-14-23(38-18-20-10-6-4-7-11-20)17-24(15-22)41-42(36,37)29(30,31)32/h4-15,17,25H,16,18-19H2,1-3H3,(H,33,35). The van der Waals surface area contributed by atoms with Gasteiger partial charge in [0.15, 0.2) is 0 Å². The molecule has 0 aliphatic rings. The zero-order chi connectivity index (χ0) is 31.0. The number of hydrogen-bond donors (Lipinski definition) is 1. The van der Waals surface area contributed by atoms with Crippen molar-refractivity contribution in [2.24, 2.45) is 0 Å². The Kier molecular flexibility index (Phi) is 10.4. The van der Waals surface area contributed by atoms with Crippen LogP contribution in [-0.2, 0) is 44.0 Å². The molecule has 3 aromatic rings. The maximum atomic E-state index is 13.1. The summed E-state index contributed by atoms with van der Waals surface area (Å²) in [6, 6.07) is 19.5. The van der Waals surface area contributed by atoms with Gasteiger partial charge in [0.25, 0.3) is 0 Å². The molecule has 0 heterocycles. The molecule has 0 spiro atoms. The Bertz CT molecular complexity index is 1460. The summed E-state index contributed by atoms with van der Waals surface area (Å²) in [5, 5.41) is 2.41. The highest BCUT2D eigenvalue weighted by Gasteiger charge is 2.48. The Morgan fingerprint density at radius 2 is 1.36 bits per heavy atom. The molecule has 0 fully saturated rings. The maximum absolute atomic E-state index is 13.1. The molecule has 3 rings (SSSR count). The van der Waals surface area contributed by atoms with E-state index in [0.29, 0.717) is 5.56 Å². The number of ether oxygens (including phenoxy) is 3. The first-order valence-corrected chi connectivity index (χ1v) is 14.0. The largest absolute Gasteiger partial charge is 0.534 e. The van der Waals surface area contributed by atoms with E-state index in [0.717, 1.165) is 17.7 Å². The van der Waals surface area contributed by atoms with Gasteiger partial charge in [-0.3, -0.25) is 0 Å². The van der Waals surface area contributed by atoms with Crippen molar-refractivity contribution in [3.63, 3.8) is 0 Å². The van der Waals surface area contributed by atoms with Crippen LogP contribution in [0.2, 0.25) is 0 Å². The molecule has 0 saturated heterocycles. The van der Waals surface area contributed by atoms with Gasteiger partial charge in [-0.05, 0) is 49.6 Å². The second-order valence-electron chi connectivity index (χ2n) is 10.1. The van der Waals surface area contributed by atoms with Crippen LogP contribution >= 0.6 is 0 Å². The summed E-state index contributed by atoms with van der Waals surface area (Å²) in [4.78, 5) is 25.6. The summed E-state index contributed by atoms with van der Waals surface area (Å²) in [5.74, 6) is -1.62. The average Bonchev–Trinajstić information content (AvgIpc) is 2.89. The fourth-order valence-electron chi connectivity index (χ4n) is 3.50. The lowest BCUT2D eigenvalue weighted by molar-refractivity contribution is -0.147. The number of benzene rings is 3. The molecule has 1 unspecified atom stereocenters. The molecule has 0 aliphatic heterocycles. The number of amides is 1. The zero-order valence-electron chi connectivity index (χ0n) is 23.0. The predicted octanol–water partition coefficient (Wildman–Crippen LogP) is 5.67. The number of halogens is 3. The van der Waals surface area contributed by atoms with Gasteiger partial charge in [0.1, 0.15) is 36.4 Å². The van der Waals surface area contributed by atoms with E-state index in [-0.39, 0.29) is 30.9 Å². The summed E-state index contributed by atoms with van der Waals surface area (Å²) in [5.41, 5.74) is -5.09. The van der Waals surface area contributed by atoms with Gasteiger partial charge in [-0.15, -0.1) is 0 Å². The Hall–Kier alpha value is -4.26. The first kappa shape index (κ1) is 32.3. The van der Waals surface area contributed by atoms with Crippen molar-refractivity contribution in [1.82, 2.24) is 5.32 Å². The number of rotatable bonds is 11. The average molecular weight is 610 g/mol. The zero-order valence-corrected chi connectivity index (χ0v) is 23.8. The van der Waals surface area contributed by atoms with Crippen LogP contribution in [-0.4, -0.2) is 37.6 Å². The van der Waals surface area contributed by atoms with Gasteiger partial charge >= 0.3 is 27.7 Å². The fraction of sp³-hybridized carbons (Fsp3) is 0.310.